The van der Waals surface area contributed by atoms with E-state index in [4.69, 9.17) is 0 Å². The van der Waals surface area contributed by atoms with E-state index in [9.17, 15) is 0 Å². The summed E-state index contributed by atoms with van der Waals surface area (Å²) < 4.78 is 0. The molecule has 0 aromatic rings. The molecule has 0 saturated heterocycles. The van der Waals surface area contributed by atoms with Crippen molar-refractivity contribution in [1.82, 2.24) is 0 Å². The van der Waals surface area contributed by atoms with E-state index < -0.39 is 0 Å². The molecule has 0 bridgehead atoms. The Balaban J connectivity index is 0. The molecule has 0 spiro atoms. The van der Waals surface area contributed by atoms with Crippen LogP contribution in [0.5, 0.6) is 0 Å². The smallest absolute Gasteiger partial charge is 1.00 e. The first-order chi connectivity index (χ1) is 0. The van der Waals surface area contributed by atoms with Crippen molar-refractivity contribution in [3.63, 3.8) is 0 Å². The molecule has 0 rings (SSSR count). The molecule has 5 heteroatoms. The molecule has 0 atom stereocenters. The molecule has 0 fully saturated rings. The van der Waals surface area contributed by atoms with Gasteiger partial charge in [-0.15, -0.1) is 24.0 Å². The van der Waals surface area contributed by atoms with Crippen molar-refractivity contribution in [2.75, 3.05) is 0 Å². The molecule has 0 nitrogen and oxygen atoms in total. The molecule has 0 aromatic heterocycles. The fourth-order valence-electron chi connectivity index (χ4n) is 0. The van der Waals surface area contributed by atoms with Gasteiger partial charge in [0, 0.05) is 19.7 Å². The molecule has 36 valence electrons. The van der Waals surface area contributed by atoms with Crippen LogP contribution >= 0.6 is 24.0 Å². The standard InChI is InChI=1S/CH4.2B.FH.HI.K.2H2.H/h1H4;;;2*1H;;2*1H;/q;;;;;+1;;;-1/i;;;;;;1+1;;. The molecule has 0 aliphatic rings. The van der Waals surface area contributed by atoms with Gasteiger partial charge in [-0.25, -0.2) is 0 Å². The quantitative estimate of drug-likeness (QED) is 0.342. The molecule has 0 N–H and O–H groups in total. The SMILES string of the molecule is C.F.I.[2HH].[B].[B].[H-].[HH].[K+]. The van der Waals surface area contributed by atoms with E-state index in [0.717, 1.165) is 0 Å². The van der Waals surface area contributed by atoms with Crippen molar-refractivity contribution in [1.29, 1.82) is 0 Å². The maximum absolute atomic E-state index is 0. The van der Waals surface area contributed by atoms with Crippen LogP contribution in [0.1, 0.15) is 11.7 Å². The van der Waals surface area contributed by atoms with Crippen LogP contribution in [-0.2, 0) is 0 Å². The first-order valence-corrected chi connectivity index (χ1v) is 0. The predicted octanol–water partition coefficient (Wildman–Crippen LogP) is -1.75. The molecule has 0 aromatic carbocycles. The van der Waals surface area contributed by atoms with Gasteiger partial charge >= 0.3 is 51.4 Å². The van der Waals surface area contributed by atoms with Crippen molar-refractivity contribution >= 4 is 40.8 Å². The molecule has 0 saturated carbocycles. The third-order valence-corrected chi connectivity index (χ3v) is 0. The number of hydrogen-bond acceptors (Lipinski definition) is 0. The minimum Gasteiger partial charge on any atom is -1.00 e. The monoisotopic (exact) mass is 231 g/mol. The Hall–Kier alpha value is 2.43. The average molecular weight is 231 g/mol. The van der Waals surface area contributed by atoms with Gasteiger partial charge in [-0.3, -0.25) is 4.70 Å². The third kappa shape index (κ3) is 32.1. The zero-order chi connectivity index (χ0) is 0. The molecular weight excluding hydrogens is 219 g/mol. The molecular formula is CH11B2FIK. The summed E-state index contributed by atoms with van der Waals surface area (Å²) in [6.07, 6.45) is 0. The fraction of sp³-hybridized carbons (Fsp3) is 1.00. The van der Waals surface area contributed by atoms with Crippen molar-refractivity contribution < 1.29 is 60.4 Å². The van der Waals surface area contributed by atoms with Crippen LogP contribution in [0.2, 0.25) is 0 Å². The summed E-state index contributed by atoms with van der Waals surface area (Å²) in [6, 6.07) is 0. The van der Waals surface area contributed by atoms with Gasteiger partial charge < -0.3 is 1.43 Å². The van der Waals surface area contributed by atoms with Crippen molar-refractivity contribution in [3.8, 4) is 0 Å². The zero-order valence-corrected chi connectivity index (χ0v) is 8.42. The van der Waals surface area contributed by atoms with Crippen LogP contribution in [0.3, 0.4) is 0 Å². The van der Waals surface area contributed by atoms with E-state index in [1.807, 2.05) is 0 Å². The van der Waals surface area contributed by atoms with Gasteiger partial charge in [0.25, 0.3) is 0 Å². The largest absolute Gasteiger partial charge is 1.00 e. The van der Waals surface area contributed by atoms with Gasteiger partial charge in [0.1, 0.15) is 0 Å². The van der Waals surface area contributed by atoms with Crippen LogP contribution in [0.25, 0.3) is 0 Å². The van der Waals surface area contributed by atoms with E-state index in [1.54, 1.807) is 0 Å². The summed E-state index contributed by atoms with van der Waals surface area (Å²) in [4.78, 5) is 0. The number of hydrogen-bond donors (Lipinski definition) is 0. The summed E-state index contributed by atoms with van der Waals surface area (Å²) in [5.74, 6) is 0. The second-order valence-corrected chi connectivity index (χ2v) is 0. The molecule has 0 amide bonds. The normalized spacial score (nSPS) is 0. The Labute approximate surface area is 107 Å². The van der Waals surface area contributed by atoms with Crippen LogP contribution in [0.4, 0.5) is 4.70 Å². The zero-order valence-electron chi connectivity index (χ0n) is 3.97. The summed E-state index contributed by atoms with van der Waals surface area (Å²) in [7, 11) is 0. The van der Waals surface area contributed by atoms with Crippen LogP contribution < -0.4 is 51.4 Å². The first kappa shape index (κ1) is 78.9. The van der Waals surface area contributed by atoms with Crippen molar-refractivity contribution in [3.05, 3.63) is 0 Å². The van der Waals surface area contributed by atoms with Gasteiger partial charge in [0.15, 0.2) is 0 Å². The van der Waals surface area contributed by atoms with E-state index in [-0.39, 0.29) is 109 Å². The van der Waals surface area contributed by atoms with E-state index >= 15 is 0 Å². The molecule has 0 aliphatic heterocycles. The molecule has 6 radical (unpaired) electrons. The molecule has 0 heterocycles. The van der Waals surface area contributed by atoms with Gasteiger partial charge in [0.05, 0.1) is 0 Å². The topological polar surface area (TPSA) is 0 Å². The second kappa shape index (κ2) is 52.1. The summed E-state index contributed by atoms with van der Waals surface area (Å²) in [6.45, 7) is 0. The Morgan fingerprint density at radius 2 is 1.33 bits per heavy atom. The van der Waals surface area contributed by atoms with Crippen molar-refractivity contribution in [2.45, 2.75) is 7.43 Å². The maximum Gasteiger partial charge on any atom is 1.00 e. The Bertz CT molecular complexity index is 21.8. The minimum absolute atomic E-state index is 0. The Kier molecular flexibility index (Phi) is 685. The predicted molar refractivity (Wildman–Crippen MR) is 41.5 cm³/mol. The first-order valence-electron chi connectivity index (χ1n) is 0. The Morgan fingerprint density at radius 1 is 1.33 bits per heavy atom. The fourth-order valence-corrected chi connectivity index (χ4v) is 0. The van der Waals surface area contributed by atoms with Crippen molar-refractivity contribution in [2.24, 2.45) is 0 Å². The molecule has 0 unspecified atom stereocenters. The summed E-state index contributed by atoms with van der Waals surface area (Å²) in [5.41, 5.74) is 0. The number of halogens is 2. The van der Waals surface area contributed by atoms with Gasteiger partial charge in [0.2, 0.25) is 0 Å². The van der Waals surface area contributed by atoms with Gasteiger partial charge in [-0.1, -0.05) is 7.43 Å². The van der Waals surface area contributed by atoms with Gasteiger partial charge in [-0.05, 0) is 0 Å². The summed E-state index contributed by atoms with van der Waals surface area (Å²) >= 11 is 0. The molecule has 0 aliphatic carbocycles. The third-order valence-electron chi connectivity index (χ3n) is 0. The van der Waals surface area contributed by atoms with E-state index in [2.05, 4.69) is 0 Å². The maximum atomic E-state index is 0. The summed E-state index contributed by atoms with van der Waals surface area (Å²) in [5, 5.41) is 0. The van der Waals surface area contributed by atoms with Gasteiger partial charge in [-0.2, -0.15) is 0 Å². The van der Waals surface area contributed by atoms with Crippen LogP contribution in [-0.4, -0.2) is 16.8 Å². The Morgan fingerprint density at radius 3 is 1.33 bits per heavy atom. The molecule has 6 heavy (non-hydrogen) atoms. The van der Waals surface area contributed by atoms with E-state index in [0.29, 0.717) is 0 Å². The average Bonchev–Trinajstić information content (AvgIpc) is 0. The number of rotatable bonds is 0. The van der Waals surface area contributed by atoms with Crippen LogP contribution in [0, 0.1) is 0 Å². The van der Waals surface area contributed by atoms with E-state index in [1.165, 1.54) is 0 Å². The second-order valence-electron chi connectivity index (χ2n) is 0. The minimum atomic E-state index is 0. The van der Waals surface area contributed by atoms with Crippen LogP contribution in [0.15, 0.2) is 0 Å².